The van der Waals surface area contributed by atoms with Crippen LogP contribution >= 0.6 is 11.6 Å². The summed E-state index contributed by atoms with van der Waals surface area (Å²) in [7, 11) is 0. The summed E-state index contributed by atoms with van der Waals surface area (Å²) in [6.45, 7) is 3.81. The van der Waals surface area contributed by atoms with Crippen molar-refractivity contribution in [2.45, 2.75) is 26.3 Å². The van der Waals surface area contributed by atoms with Crippen molar-refractivity contribution in [1.82, 2.24) is 10.3 Å². The number of carbonyl (C=O) groups excluding carboxylic acids is 2. The van der Waals surface area contributed by atoms with E-state index in [1.165, 1.54) is 0 Å². The number of hydrogen-bond acceptors (Lipinski definition) is 3. The lowest BCUT2D eigenvalue weighted by Gasteiger charge is -2.19. The summed E-state index contributed by atoms with van der Waals surface area (Å²) >= 11 is 6.04. The van der Waals surface area contributed by atoms with Crippen molar-refractivity contribution in [3.63, 3.8) is 0 Å². The van der Waals surface area contributed by atoms with Gasteiger partial charge in [0.05, 0.1) is 6.61 Å². The minimum Gasteiger partial charge on any atom is -0.450 e. The molecule has 0 saturated heterocycles. The average molecular weight is 400 g/mol. The molecule has 0 bridgehead atoms. The Hall–Kier alpha value is -2.99. The quantitative estimate of drug-likeness (QED) is 0.573. The number of hydrogen-bond donors (Lipinski definition) is 3. The first-order chi connectivity index (χ1) is 13.5. The number of aromatic amines is 1. The number of rotatable bonds is 6. The van der Waals surface area contributed by atoms with Crippen molar-refractivity contribution in [2.75, 3.05) is 11.9 Å². The Balaban J connectivity index is 1.84. The molecule has 1 atom stereocenters. The first-order valence-electron chi connectivity index (χ1n) is 9.03. The summed E-state index contributed by atoms with van der Waals surface area (Å²) in [4.78, 5) is 28.1. The molecule has 0 unspecified atom stereocenters. The number of halogens is 1. The standard InChI is InChI=1S/C21H22ClN3O3/c1-3-28-21(27)25-19(10-14-12-23-17-7-5-4-6-16(14)17)20(26)24-18-11-15(22)9-8-13(18)2/h4-9,11-12,19,23H,3,10H2,1-2H3,(H,24,26)(H,25,27)/t19-/m1/s1. The molecular weight excluding hydrogens is 378 g/mol. The lowest BCUT2D eigenvalue weighted by molar-refractivity contribution is -0.118. The Morgan fingerprint density at radius 1 is 1.21 bits per heavy atom. The topological polar surface area (TPSA) is 83.2 Å². The van der Waals surface area contributed by atoms with Crippen LogP contribution in [0, 0.1) is 6.92 Å². The third kappa shape index (κ3) is 4.64. The van der Waals surface area contributed by atoms with Crippen molar-refractivity contribution in [3.8, 4) is 0 Å². The zero-order chi connectivity index (χ0) is 20.1. The molecule has 3 N–H and O–H groups in total. The van der Waals surface area contributed by atoms with Gasteiger partial charge < -0.3 is 20.4 Å². The number of anilines is 1. The molecule has 0 aliphatic carbocycles. The maximum absolute atomic E-state index is 12.9. The molecule has 0 aliphatic heterocycles. The van der Waals surface area contributed by atoms with Crippen LogP contribution in [0.25, 0.3) is 10.9 Å². The van der Waals surface area contributed by atoms with Gasteiger partial charge in [0.1, 0.15) is 6.04 Å². The Kier molecular flexibility index (Phi) is 6.21. The molecule has 3 aromatic rings. The Bertz CT molecular complexity index is 999. The minimum atomic E-state index is -0.809. The number of fused-ring (bicyclic) bond motifs is 1. The van der Waals surface area contributed by atoms with E-state index < -0.39 is 12.1 Å². The maximum Gasteiger partial charge on any atom is 0.407 e. The number of ether oxygens (including phenoxy) is 1. The molecule has 0 saturated carbocycles. The molecule has 2 amide bonds. The van der Waals surface area contributed by atoms with Gasteiger partial charge in [0.15, 0.2) is 0 Å². The lowest BCUT2D eigenvalue weighted by atomic mass is 10.0. The fraction of sp³-hybridized carbons (Fsp3) is 0.238. The van der Waals surface area contributed by atoms with Gasteiger partial charge in [0, 0.05) is 34.2 Å². The molecule has 1 heterocycles. The van der Waals surface area contributed by atoms with Crippen molar-refractivity contribution in [3.05, 3.63) is 64.8 Å². The van der Waals surface area contributed by atoms with Gasteiger partial charge in [-0.3, -0.25) is 4.79 Å². The van der Waals surface area contributed by atoms with Gasteiger partial charge >= 0.3 is 6.09 Å². The van der Waals surface area contributed by atoms with Crippen LogP contribution in [0.4, 0.5) is 10.5 Å². The van der Waals surface area contributed by atoms with Crippen LogP contribution in [0.2, 0.25) is 5.02 Å². The molecule has 0 fully saturated rings. The second kappa shape index (κ2) is 8.80. The van der Waals surface area contributed by atoms with Crippen LogP contribution in [-0.2, 0) is 16.0 Å². The summed E-state index contributed by atoms with van der Waals surface area (Å²) in [5.74, 6) is -0.344. The number of aryl methyl sites for hydroxylation is 1. The molecule has 0 radical (unpaired) electrons. The SMILES string of the molecule is CCOC(=O)N[C@H](Cc1c[nH]c2ccccc12)C(=O)Nc1cc(Cl)ccc1C. The van der Waals surface area contributed by atoms with Crippen LogP contribution in [0.5, 0.6) is 0 Å². The molecular formula is C21H22ClN3O3. The number of carbonyl (C=O) groups is 2. The predicted molar refractivity (Wildman–Crippen MR) is 111 cm³/mol. The molecule has 0 aliphatic rings. The van der Waals surface area contributed by atoms with E-state index in [1.54, 1.807) is 19.1 Å². The molecule has 6 nitrogen and oxygen atoms in total. The zero-order valence-corrected chi connectivity index (χ0v) is 16.5. The van der Waals surface area contributed by atoms with Crippen molar-refractivity contribution < 1.29 is 14.3 Å². The van der Waals surface area contributed by atoms with Gasteiger partial charge in [0.2, 0.25) is 5.91 Å². The normalized spacial score (nSPS) is 11.8. The number of nitrogens with one attached hydrogen (secondary N) is 3. The van der Waals surface area contributed by atoms with Crippen LogP contribution in [-0.4, -0.2) is 29.6 Å². The Morgan fingerprint density at radius 2 is 2.00 bits per heavy atom. The number of benzene rings is 2. The number of H-pyrrole nitrogens is 1. The van der Waals surface area contributed by atoms with E-state index in [1.807, 2.05) is 43.5 Å². The maximum atomic E-state index is 12.9. The summed E-state index contributed by atoms with van der Waals surface area (Å²) in [6, 6.07) is 12.3. The minimum absolute atomic E-state index is 0.223. The van der Waals surface area contributed by atoms with Crippen molar-refractivity contribution >= 4 is 40.2 Å². The number of aromatic nitrogens is 1. The predicted octanol–water partition coefficient (Wildman–Crippen LogP) is 4.43. The van der Waals surface area contributed by atoms with Crippen LogP contribution in [0.1, 0.15) is 18.1 Å². The third-order valence-corrected chi connectivity index (χ3v) is 4.68. The van der Waals surface area contributed by atoms with Gasteiger partial charge in [-0.2, -0.15) is 0 Å². The molecule has 0 spiro atoms. The molecule has 2 aromatic carbocycles. The lowest BCUT2D eigenvalue weighted by Crippen LogP contribution is -2.45. The van der Waals surface area contributed by atoms with Gasteiger partial charge in [-0.1, -0.05) is 35.9 Å². The van der Waals surface area contributed by atoms with E-state index in [0.717, 1.165) is 22.0 Å². The monoisotopic (exact) mass is 399 g/mol. The summed E-state index contributed by atoms with van der Waals surface area (Å²) in [5, 5.41) is 7.04. The van der Waals surface area contributed by atoms with E-state index in [2.05, 4.69) is 15.6 Å². The van der Waals surface area contributed by atoms with Crippen LogP contribution in [0.3, 0.4) is 0 Å². The smallest absolute Gasteiger partial charge is 0.407 e. The molecule has 7 heteroatoms. The number of para-hydroxylation sites is 1. The highest BCUT2D eigenvalue weighted by Gasteiger charge is 2.24. The Labute approximate surface area is 168 Å². The van der Waals surface area contributed by atoms with Crippen LogP contribution < -0.4 is 10.6 Å². The first kappa shape index (κ1) is 19.8. The zero-order valence-electron chi connectivity index (χ0n) is 15.7. The Morgan fingerprint density at radius 3 is 2.79 bits per heavy atom. The molecule has 3 rings (SSSR count). The second-order valence-corrected chi connectivity index (χ2v) is 6.87. The number of amides is 2. The van der Waals surface area contributed by atoms with Crippen LogP contribution in [0.15, 0.2) is 48.7 Å². The fourth-order valence-corrected chi connectivity index (χ4v) is 3.17. The fourth-order valence-electron chi connectivity index (χ4n) is 2.99. The van der Waals surface area contributed by atoms with E-state index in [4.69, 9.17) is 16.3 Å². The highest BCUT2D eigenvalue weighted by Crippen LogP contribution is 2.22. The second-order valence-electron chi connectivity index (χ2n) is 6.43. The summed E-state index contributed by atoms with van der Waals surface area (Å²) in [5.41, 5.74) is 3.38. The van der Waals surface area contributed by atoms with Crippen molar-refractivity contribution in [2.24, 2.45) is 0 Å². The van der Waals surface area contributed by atoms with Gasteiger partial charge in [-0.15, -0.1) is 0 Å². The van der Waals surface area contributed by atoms with E-state index >= 15 is 0 Å². The third-order valence-electron chi connectivity index (χ3n) is 4.44. The molecule has 146 valence electrons. The average Bonchev–Trinajstić information content (AvgIpc) is 3.07. The van der Waals surface area contributed by atoms with Gasteiger partial charge in [0.25, 0.3) is 0 Å². The number of alkyl carbamates (subject to hydrolysis) is 1. The molecule has 28 heavy (non-hydrogen) atoms. The van der Waals surface area contributed by atoms with E-state index in [-0.39, 0.29) is 12.5 Å². The van der Waals surface area contributed by atoms with Gasteiger partial charge in [-0.25, -0.2) is 4.79 Å². The largest absolute Gasteiger partial charge is 0.450 e. The summed E-state index contributed by atoms with van der Waals surface area (Å²) < 4.78 is 4.96. The van der Waals surface area contributed by atoms with Crippen molar-refractivity contribution in [1.29, 1.82) is 0 Å². The highest BCUT2D eigenvalue weighted by atomic mass is 35.5. The summed E-state index contributed by atoms with van der Waals surface area (Å²) in [6.07, 6.45) is 1.53. The van der Waals surface area contributed by atoms with E-state index in [0.29, 0.717) is 17.1 Å². The molecule has 1 aromatic heterocycles. The van der Waals surface area contributed by atoms with E-state index in [9.17, 15) is 9.59 Å². The highest BCUT2D eigenvalue weighted by molar-refractivity contribution is 6.31. The first-order valence-corrected chi connectivity index (χ1v) is 9.41. The van der Waals surface area contributed by atoms with Gasteiger partial charge in [-0.05, 0) is 43.2 Å².